The van der Waals surface area contributed by atoms with Gasteiger partial charge in [-0.1, -0.05) is 18.7 Å². The Morgan fingerprint density at radius 1 is 1.32 bits per heavy atom. The van der Waals surface area contributed by atoms with Crippen LogP contribution in [0.4, 0.5) is 4.39 Å². The summed E-state index contributed by atoms with van der Waals surface area (Å²) in [6, 6.07) is 2.14. The molecule has 3 nitrogen and oxygen atoms in total. The quantitative estimate of drug-likeness (QED) is 0.655. The van der Waals surface area contributed by atoms with E-state index in [1.54, 1.807) is 13.8 Å². The van der Waals surface area contributed by atoms with E-state index in [0.717, 1.165) is 11.6 Å². The van der Waals surface area contributed by atoms with Gasteiger partial charge in [0.15, 0.2) is 0 Å². The second-order valence-electron chi connectivity index (χ2n) is 4.63. The number of allylic oxidation sites excluding steroid dienone is 1. The first kappa shape index (κ1) is 15.0. The smallest absolute Gasteiger partial charge is 0.342 e. The van der Waals surface area contributed by atoms with Gasteiger partial charge in [0.05, 0.1) is 0 Å². The molecule has 0 unspecified atom stereocenters. The Morgan fingerprint density at radius 2 is 1.95 bits per heavy atom. The number of rotatable bonds is 5. The molecule has 0 aliphatic rings. The number of carbonyl (C=O) groups is 1. The Hall–Kier alpha value is -2.10. The Kier molecular flexibility index (Phi) is 4.87. The number of aromatic hydroxyl groups is 1. The molecule has 0 atom stereocenters. The van der Waals surface area contributed by atoms with Crippen LogP contribution in [0.2, 0.25) is 0 Å². The lowest BCUT2D eigenvalue weighted by atomic mass is 10.0. The SMILES string of the molecule is C=C(C)COC(=O)c1cc(F)cc(CC(=C)C)c1O. The molecule has 102 valence electrons. The fraction of sp³-hybridized carbons (Fsp3) is 0.267. The molecule has 0 aromatic heterocycles. The van der Waals surface area contributed by atoms with E-state index in [1.807, 2.05) is 0 Å². The first-order valence-electron chi connectivity index (χ1n) is 5.78. The number of carbonyl (C=O) groups excluding carboxylic acids is 1. The van der Waals surface area contributed by atoms with Crippen molar-refractivity contribution in [2.75, 3.05) is 6.61 Å². The van der Waals surface area contributed by atoms with Crippen LogP contribution in [0, 0.1) is 5.82 Å². The van der Waals surface area contributed by atoms with Crippen LogP contribution >= 0.6 is 0 Å². The third-order valence-corrected chi connectivity index (χ3v) is 2.32. The molecule has 0 heterocycles. The van der Waals surface area contributed by atoms with Gasteiger partial charge >= 0.3 is 5.97 Å². The molecule has 0 radical (unpaired) electrons. The normalized spacial score (nSPS) is 10.1. The van der Waals surface area contributed by atoms with Crippen LogP contribution in [-0.2, 0) is 11.2 Å². The minimum absolute atomic E-state index is 0.0323. The summed E-state index contributed by atoms with van der Waals surface area (Å²) in [5.41, 5.74) is 1.54. The van der Waals surface area contributed by atoms with E-state index < -0.39 is 11.8 Å². The molecule has 0 aliphatic carbocycles. The van der Waals surface area contributed by atoms with Crippen LogP contribution in [0.25, 0.3) is 0 Å². The van der Waals surface area contributed by atoms with E-state index in [-0.39, 0.29) is 17.9 Å². The first-order chi connectivity index (χ1) is 8.81. The van der Waals surface area contributed by atoms with Crippen LogP contribution < -0.4 is 0 Å². The number of halogens is 1. The van der Waals surface area contributed by atoms with E-state index in [0.29, 0.717) is 17.6 Å². The fourth-order valence-corrected chi connectivity index (χ4v) is 1.54. The molecule has 0 bridgehead atoms. The van der Waals surface area contributed by atoms with Gasteiger partial charge in [0.25, 0.3) is 0 Å². The minimum atomic E-state index is -0.775. The molecule has 4 heteroatoms. The highest BCUT2D eigenvalue weighted by molar-refractivity contribution is 5.93. The maximum atomic E-state index is 13.5. The number of hydrogen-bond acceptors (Lipinski definition) is 3. The van der Waals surface area contributed by atoms with Gasteiger partial charge in [-0.25, -0.2) is 9.18 Å². The zero-order valence-corrected chi connectivity index (χ0v) is 11.1. The van der Waals surface area contributed by atoms with Gasteiger partial charge < -0.3 is 9.84 Å². The minimum Gasteiger partial charge on any atom is -0.507 e. The molecule has 1 aromatic carbocycles. The van der Waals surface area contributed by atoms with Crippen LogP contribution in [-0.4, -0.2) is 17.7 Å². The molecule has 1 rings (SSSR count). The topological polar surface area (TPSA) is 46.5 Å². The van der Waals surface area contributed by atoms with Crippen molar-refractivity contribution in [2.24, 2.45) is 0 Å². The number of ether oxygens (including phenoxy) is 1. The average molecular weight is 264 g/mol. The third-order valence-electron chi connectivity index (χ3n) is 2.32. The molecular weight excluding hydrogens is 247 g/mol. The zero-order chi connectivity index (χ0) is 14.6. The summed E-state index contributed by atoms with van der Waals surface area (Å²) in [6.07, 6.45) is 0.296. The van der Waals surface area contributed by atoms with Gasteiger partial charge in [-0.3, -0.25) is 0 Å². The zero-order valence-electron chi connectivity index (χ0n) is 11.1. The maximum Gasteiger partial charge on any atom is 0.342 e. The number of phenolic OH excluding ortho intramolecular Hbond substituents is 1. The van der Waals surface area contributed by atoms with E-state index in [4.69, 9.17) is 4.74 Å². The molecule has 1 aromatic rings. The van der Waals surface area contributed by atoms with E-state index >= 15 is 0 Å². The highest BCUT2D eigenvalue weighted by atomic mass is 19.1. The first-order valence-corrected chi connectivity index (χ1v) is 5.78. The van der Waals surface area contributed by atoms with E-state index in [2.05, 4.69) is 13.2 Å². The van der Waals surface area contributed by atoms with Crippen molar-refractivity contribution in [2.45, 2.75) is 20.3 Å². The number of esters is 1. The fourth-order valence-electron chi connectivity index (χ4n) is 1.54. The van der Waals surface area contributed by atoms with Crippen molar-refractivity contribution >= 4 is 5.97 Å². The van der Waals surface area contributed by atoms with Gasteiger partial charge in [0.1, 0.15) is 23.7 Å². The van der Waals surface area contributed by atoms with Gasteiger partial charge in [-0.2, -0.15) is 0 Å². The van der Waals surface area contributed by atoms with Crippen molar-refractivity contribution in [1.82, 2.24) is 0 Å². The summed E-state index contributed by atoms with van der Waals surface area (Å²) in [5.74, 6) is -1.64. The molecular formula is C15H17FO3. The van der Waals surface area contributed by atoms with Crippen molar-refractivity contribution < 1.29 is 19.0 Å². The Balaban J connectivity index is 3.06. The highest BCUT2D eigenvalue weighted by Crippen LogP contribution is 2.27. The molecule has 19 heavy (non-hydrogen) atoms. The second-order valence-corrected chi connectivity index (χ2v) is 4.63. The monoisotopic (exact) mass is 264 g/mol. The predicted molar refractivity (Wildman–Crippen MR) is 71.7 cm³/mol. The van der Waals surface area contributed by atoms with Crippen molar-refractivity contribution in [3.63, 3.8) is 0 Å². The largest absolute Gasteiger partial charge is 0.507 e. The van der Waals surface area contributed by atoms with Gasteiger partial charge in [0, 0.05) is 5.56 Å². The summed E-state index contributed by atoms with van der Waals surface area (Å²) in [5, 5.41) is 9.97. The van der Waals surface area contributed by atoms with Crippen molar-refractivity contribution in [3.8, 4) is 5.75 Å². The lowest BCUT2D eigenvalue weighted by Crippen LogP contribution is -2.08. The summed E-state index contributed by atoms with van der Waals surface area (Å²) in [4.78, 5) is 11.7. The number of phenols is 1. The van der Waals surface area contributed by atoms with Crippen LogP contribution in [0.5, 0.6) is 5.75 Å². The van der Waals surface area contributed by atoms with E-state index in [9.17, 15) is 14.3 Å². The lowest BCUT2D eigenvalue weighted by Gasteiger charge is -2.10. The number of hydrogen-bond donors (Lipinski definition) is 1. The van der Waals surface area contributed by atoms with Crippen molar-refractivity contribution in [3.05, 3.63) is 53.4 Å². The summed E-state index contributed by atoms with van der Waals surface area (Å²) in [7, 11) is 0. The Labute approximate surface area is 112 Å². The van der Waals surface area contributed by atoms with Crippen LogP contribution in [0.1, 0.15) is 29.8 Å². The number of benzene rings is 1. The average Bonchev–Trinajstić information content (AvgIpc) is 2.29. The van der Waals surface area contributed by atoms with Gasteiger partial charge in [-0.15, -0.1) is 0 Å². The van der Waals surface area contributed by atoms with Crippen molar-refractivity contribution in [1.29, 1.82) is 0 Å². The standard InChI is InChI=1S/C15H17FO3/c1-9(2)5-11-6-12(16)7-13(14(11)17)15(18)19-8-10(3)4/h6-7,17H,1,3,5,8H2,2,4H3. The highest BCUT2D eigenvalue weighted by Gasteiger charge is 2.18. The van der Waals surface area contributed by atoms with Gasteiger partial charge in [-0.05, 0) is 38.0 Å². The molecule has 0 saturated carbocycles. The molecule has 1 N–H and O–H groups in total. The summed E-state index contributed by atoms with van der Waals surface area (Å²) < 4.78 is 18.3. The maximum absolute atomic E-state index is 13.5. The summed E-state index contributed by atoms with van der Waals surface area (Å²) >= 11 is 0. The van der Waals surface area contributed by atoms with Gasteiger partial charge in [0.2, 0.25) is 0 Å². The lowest BCUT2D eigenvalue weighted by molar-refractivity contribution is 0.0536. The predicted octanol–water partition coefficient (Wildman–Crippen LogP) is 3.38. The molecule has 0 saturated heterocycles. The second kappa shape index (κ2) is 6.18. The Bertz CT molecular complexity index is 532. The van der Waals surface area contributed by atoms with Crippen LogP contribution in [0.15, 0.2) is 36.4 Å². The molecule has 0 spiro atoms. The van der Waals surface area contributed by atoms with Crippen LogP contribution in [0.3, 0.4) is 0 Å². The molecule has 0 aliphatic heterocycles. The molecule has 0 fully saturated rings. The Morgan fingerprint density at radius 3 is 2.47 bits per heavy atom. The third kappa shape index (κ3) is 4.25. The molecule has 0 amide bonds. The summed E-state index contributed by atoms with van der Waals surface area (Å²) in [6.45, 7) is 10.8. The van der Waals surface area contributed by atoms with E-state index in [1.165, 1.54) is 6.07 Å².